The number of rotatable bonds is 5. The van der Waals surface area contributed by atoms with E-state index in [4.69, 9.17) is 4.74 Å². The van der Waals surface area contributed by atoms with Crippen LogP contribution in [0.25, 0.3) is 0 Å². The molecule has 1 saturated heterocycles. The zero-order valence-corrected chi connectivity index (χ0v) is 17.7. The maximum Gasteiger partial charge on any atom is 0.0720 e. The third-order valence-electron chi connectivity index (χ3n) is 7.18. The fourth-order valence-corrected chi connectivity index (χ4v) is 5.44. The predicted molar refractivity (Wildman–Crippen MR) is 123 cm³/mol. The highest BCUT2D eigenvalue weighted by Gasteiger charge is 2.39. The number of benzene rings is 3. The first-order chi connectivity index (χ1) is 14.9. The summed E-state index contributed by atoms with van der Waals surface area (Å²) >= 11 is 0. The highest BCUT2D eigenvalue weighted by Crippen LogP contribution is 2.41. The van der Waals surface area contributed by atoms with Crippen LogP contribution < -0.4 is 0 Å². The zero-order valence-electron chi connectivity index (χ0n) is 17.7. The van der Waals surface area contributed by atoms with Gasteiger partial charge in [0.25, 0.3) is 0 Å². The SMILES string of the molecule is c1ccc(C2CCN(CC[C@]3(c4ccccc4)COCc4ccccc43)CC2)cc1. The summed E-state index contributed by atoms with van der Waals surface area (Å²) in [7, 11) is 0. The second-order valence-electron chi connectivity index (χ2n) is 8.87. The summed E-state index contributed by atoms with van der Waals surface area (Å²) in [5.41, 5.74) is 5.65. The third-order valence-corrected chi connectivity index (χ3v) is 7.18. The lowest BCUT2D eigenvalue weighted by Gasteiger charge is -2.42. The second-order valence-corrected chi connectivity index (χ2v) is 8.87. The van der Waals surface area contributed by atoms with Crippen LogP contribution in [0, 0.1) is 0 Å². The molecule has 0 amide bonds. The third kappa shape index (κ3) is 3.82. The Balaban J connectivity index is 1.33. The first-order valence-electron chi connectivity index (χ1n) is 11.3. The number of hydrogen-bond acceptors (Lipinski definition) is 2. The molecule has 3 aromatic rings. The van der Waals surface area contributed by atoms with Crippen molar-refractivity contribution in [3.63, 3.8) is 0 Å². The molecular weight excluding hydrogens is 366 g/mol. The number of piperidine rings is 1. The quantitative estimate of drug-likeness (QED) is 0.542. The Morgan fingerprint density at radius 1 is 0.800 bits per heavy atom. The van der Waals surface area contributed by atoms with Crippen molar-refractivity contribution in [1.29, 1.82) is 0 Å². The topological polar surface area (TPSA) is 12.5 Å². The van der Waals surface area contributed by atoms with Crippen molar-refractivity contribution in [3.8, 4) is 0 Å². The van der Waals surface area contributed by atoms with Gasteiger partial charge in [-0.3, -0.25) is 0 Å². The highest BCUT2D eigenvalue weighted by molar-refractivity contribution is 5.45. The maximum absolute atomic E-state index is 6.16. The van der Waals surface area contributed by atoms with E-state index in [1.54, 1.807) is 0 Å². The van der Waals surface area contributed by atoms with Crippen LogP contribution in [-0.4, -0.2) is 31.1 Å². The normalized spacial score (nSPS) is 22.5. The van der Waals surface area contributed by atoms with Gasteiger partial charge in [0.15, 0.2) is 0 Å². The molecular formula is C28H31NO. The number of hydrogen-bond donors (Lipinski definition) is 0. The van der Waals surface area contributed by atoms with E-state index in [2.05, 4.69) is 89.8 Å². The molecule has 0 bridgehead atoms. The minimum Gasteiger partial charge on any atom is -0.375 e. The Labute approximate surface area is 180 Å². The standard InChI is InChI=1S/C28H31NO/c1-3-9-23(10-4-1)24-15-18-29(19-16-24)20-17-28(26-12-5-2-6-13-26)22-30-21-25-11-7-8-14-27(25)28/h1-14,24H,15-22H2/t28-/m1/s1. The molecule has 1 atom stereocenters. The molecule has 5 rings (SSSR count). The van der Waals surface area contributed by atoms with Gasteiger partial charge in [0, 0.05) is 5.41 Å². The van der Waals surface area contributed by atoms with Crippen molar-refractivity contribution in [2.24, 2.45) is 0 Å². The molecule has 0 unspecified atom stereocenters. The van der Waals surface area contributed by atoms with Crippen molar-refractivity contribution in [2.45, 2.75) is 37.2 Å². The van der Waals surface area contributed by atoms with Gasteiger partial charge in [0.05, 0.1) is 13.2 Å². The fourth-order valence-electron chi connectivity index (χ4n) is 5.44. The first-order valence-corrected chi connectivity index (χ1v) is 11.3. The van der Waals surface area contributed by atoms with E-state index in [1.807, 2.05) is 0 Å². The summed E-state index contributed by atoms with van der Waals surface area (Å²) in [6, 6.07) is 30.9. The fraction of sp³-hybridized carbons (Fsp3) is 0.357. The lowest BCUT2D eigenvalue weighted by Crippen LogP contribution is -2.42. The van der Waals surface area contributed by atoms with Gasteiger partial charge in [-0.2, -0.15) is 0 Å². The largest absolute Gasteiger partial charge is 0.375 e. The molecule has 3 aromatic carbocycles. The molecule has 30 heavy (non-hydrogen) atoms. The van der Waals surface area contributed by atoms with Gasteiger partial charge < -0.3 is 9.64 Å². The lowest BCUT2D eigenvalue weighted by atomic mass is 9.70. The van der Waals surface area contributed by atoms with E-state index in [9.17, 15) is 0 Å². The maximum atomic E-state index is 6.16. The summed E-state index contributed by atoms with van der Waals surface area (Å²) in [4.78, 5) is 2.67. The minimum atomic E-state index is -0.0492. The number of nitrogens with zero attached hydrogens (tertiary/aromatic N) is 1. The molecule has 154 valence electrons. The Hall–Kier alpha value is -2.42. The van der Waals surface area contributed by atoms with Crippen LogP contribution in [0.5, 0.6) is 0 Å². The summed E-state index contributed by atoms with van der Waals surface area (Å²) in [5.74, 6) is 0.712. The van der Waals surface area contributed by atoms with Crippen molar-refractivity contribution in [1.82, 2.24) is 4.90 Å². The molecule has 2 aliphatic rings. The van der Waals surface area contributed by atoms with Crippen molar-refractivity contribution >= 4 is 0 Å². The van der Waals surface area contributed by atoms with Gasteiger partial charge in [-0.25, -0.2) is 0 Å². The van der Waals surface area contributed by atoms with Gasteiger partial charge in [-0.1, -0.05) is 84.9 Å². The number of fused-ring (bicyclic) bond motifs is 1. The van der Waals surface area contributed by atoms with Gasteiger partial charge >= 0.3 is 0 Å². The van der Waals surface area contributed by atoms with Crippen molar-refractivity contribution < 1.29 is 4.74 Å². The molecule has 2 heteroatoms. The molecule has 1 fully saturated rings. The summed E-state index contributed by atoms with van der Waals surface area (Å²) in [5, 5.41) is 0. The molecule has 0 spiro atoms. The van der Waals surface area contributed by atoms with E-state index in [-0.39, 0.29) is 5.41 Å². The summed E-state index contributed by atoms with van der Waals surface area (Å²) < 4.78 is 6.16. The zero-order chi connectivity index (χ0) is 20.2. The molecule has 2 aliphatic heterocycles. The Bertz CT molecular complexity index is 947. The molecule has 0 saturated carbocycles. The Kier molecular flexibility index (Phi) is 5.70. The molecule has 2 heterocycles. The predicted octanol–water partition coefficient (Wildman–Crippen LogP) is 5.77. The number of likely N-dealkylation sites (tertiary alicyclic amines) is 1. The van der Waals surface area contributed by atoms with Crippen LogP contribution in [0.4, 0.5) is 0 Å². The monoisotopic (exact) mass is 397 g/mol. The summed E-state index contributed by atoms with van der Waals surface area (Å²) in [6.07, 6.45) is 3.62. The van der Waals surface area contributed by atoms with E-state index in [0.717, 1.165) is 26.2 Å². The van der Waals surface area contributed by atoms with Crippen LogP contribution in [0.3, 0.4) is 0 Å². The summed E-state index contributed by atoms with van der Waals surface area (Å²) in [6.45, 7) is 5.00. The Morgan fingerprint density at radius 3 is 2.23 bits per heavy atom. The molecule has 0 aromatic heterocycles. The average Bonchev–Trinajstić information content (AvgIpc) is 2.84. The van der Waals surface area contributed by atoms with E-state index in [0.29, 0.717) is 5.92 Å². The smallest absolute Gasteiger partial charge is 0.0720 e. The highest BCUT2D eigenvalue weighted by atomic mass is 16.5. The van der Waals surface area contributed by atoms with Crippen LogP contribution in [0.1, 0.15) is 47.4 Å². The molecule has 0 aliphatic carbocycles. The van der Waals surface area contributed by atoms with Gasteiger partial charge in [0.1, 0.15) is 0 Å². The van der Waals surface area contributed by atoms with E-state index < -0.39 is 0 Å². The van der Waals surface area contributed by atoms with Crippen LogP contribution in [0.2, 0.25) is 0 Å². The second kappa shape index (κ2) is 8.75. The molecule has 0 N–H and O–H groups in total. The molecule has 2 nitrogen and oxygen atoms in total. The Morgan fingerprint density at radius 2 is 1.47 bits per heavy atom. The average molecular weight is 398 g/mol. The van der Waals surface area contributed by atoms with Gasteiger partial charge in [0.2, 0.25) is 0 Å². The van der Waals surface area contributed by atoms with Crippen molar-refractivity contribution in [3.05, 3.63) is 107 Å². The van der Waals surface area contributed by atoms with Crippen LogP contribution in [0.15, 0.2) is 84.9 Å². The van der Waals surface area contributed by atoms with Crippen LogP contribution >= 0.6 is 0 Å². The lowest BCUT2D eigenvalue weighted by molar-refractivity contribution is 0.0561. The van der Waals surface area contributed by atoms with Gasteiger partial charge in [-0.05, 0) is 67.1 Å². The number of ether oxygens (including phenoxy) is 1. The van der Waals surface area contributed by atoms with Crippen molar-refractivity contribution in [2.75, 3.05) is 26.2 Å². The first kappa shape index (κ1) is 19.5. The van der Waals surface area contributed by atoms with Gasteiger partial charge in [-0.15, -0.1) is 0 Å². The minimum absolute atomic E-state index is 0.0492. The van der Waals surface area contributed by atoms with E-state index >= 15 is 0 Å². The molecule has 0 radical (unpaired) electrons. The van der Waals surface area contributed by atoms with Crippen LogP contribution in [-0.2, 0) is 16.8 Å². The van der Waals surface area contributed by atoms with E-state index in [1.165, 1.54) is 48.2 Å².